The van der Waals surface area contributed by atoms with Crippen LogP contribution in [0.5, 0.6) is 0 Å². The van der Waals surface area contributed by atoms with Crippen LogP contribution in [0, 0.1) is 0 Å². The van der Waals surface area contributed by atoms with Crippen molar-refractivity contribution in [3.05, 3.63) is 12.2 Å². The first-order valence-electron chi connectivity index (χ1n) is 5.40. The molecule has 72 valence electrons. The SMILES string of the molecule is C1=CCC(NC2=NCCCCC2)C1. The van der Waals surface area contributed by atoms with Gasteiger partial charge in [-0.15, -0.1) is 0 Å². The molecule has 0 saturated carbocycles. The van der Waals surface area contributed by atoms with Gasteiger partial charge in [0.15, 0.2) is 0 Å². The molecule has 0 radical (unpaired) electrons. The van der Waals surface area contributed by atoms with Crippen LogP contribution < -0.4 is 5.32 Å². The Kier molecular flexibility index (Phi) is 3.01. The highest BCUT2D eigenvalue weighted by molar-refractivity contribution is 5.82. The summed E-state index contributed by atoms with van der Waals surface area (Å²) >= 11 is 0. The van der Waals surface area contributed by atoms with E-state index in [1.807, 2.05) is 0 Å². The minimum absolute atomic E-state index is 0.636. The molecule has 1 aliphatic heterocycles. The van der Waals surface area contributed by atoms with E-state index in [-0.39, 0.29) is 0 Å². The van der Waals surface area contributed by atoms with Gasteiger partial charge < -0.3 is 5.32 Å². The number of rotatable bonds is 1. The summed E-state index contributed by atoms with van der Waals surface area (Å²) in [5.74, 6) is 1.26. The Balaban J connectivity index is 1.81. The zero-order valence-electron chi connectivity index (χ0n) is 8.13. The van der Waals surface area contributed by atoms with Gasteiger partial charge in [0, 0.05) is 19.0 Å². The predicted molar refractivity (Wildman–Crippen MR) is 56.1 cm³/mol. The summed E-state index contributed by atoms with van der Waals surface area (Å²) in [6.45, 7) is 1.03. The maximum atomic E-state index is 4.56. The van der Waals surface area contributed by atoms with Crippen LogP contribution in [0.1, 0.15) is 38.5 Å². The molecule has 0 amide bonds. The first kappa shape index (κ1) is 8.79. The minimum Gasteiger partial charge on any atom is -0.370 e. The molecule has 2 aliphatic rings. The minimum atomic E-state index is 0.636. The zero-order valence-corrected chi connectivity index (χ0v) is 8.13. The molecule has 13 heavy (non-hydrogen) atoms. The average Bonchev–Trinajstić information content (AvgIpc) is 2.49. The summed E-state index contributed by atoms with van der Waals surface area (Å²) in [5.41, 5.74) is 0. The molecule has 0 aromatic heterocycles. The Morgan fingerprint density at radius 2 is 2.00 bits per heavy atom. The summed E-state index contributed by atoms with van der Waals surface area (Å²) in [4.78, 5) is 4.56. The Morgan fingerprint density at radius 1 is 1.15 bits per heavy atom. The van der Waals surface area contributed by atoms with Crippen LogP contribution in [0.15, 0.2) is 17.1 Å². The van der Waals surface area contributed by atoms with Crippen LogP contribution in [0.2, 0.25) is 0 Å². The van der Waals surface area contributed by atoms with Gasteiger partial charge >= 0.3 is 0 Å². The molecule has 1 aliphatic carbocycles. The largest absolute Gasteiger partial charge is 0.370 e. The lowest BCUT2D eigenvalue weighted by molar-refractivity contribution is 0.640. The van der Waals surface area contributed by atoms with Crippen LogP contribution >= 0.6 is 0 Å². The summed E-state index contributed by atoms with van der Waals surface area (Å²) in [7, 11) is 0. The number of hydrogen-bond acceptors (Lipinski definition) is 2. The van der Waals surface area contributed by atoms with Gasteiger partial charge in [-0.1, -0.05) is 18.6 Å². The van der Waals surface area contributed by atoms with Gasteiger partial charge in [0.25, 0.3) is 0 Å². The van der Waals surface area contributed by atoms with Crippen molar-refractivity contribution in [1.82, 2.24) is 5.32 Å². The highest BCUT2D eigenvalue weighted by Gasteiger charge is 2.12. The lowest BCUT2D eigenvalue weighted by atomic mass is 10.2. The maximum Gasteiger partial charge on any atom is 0.0965 e. The van der Waals surface area contributed by atoms with Crippen LogP contribution in [0.3, 0.4) is 0 Å². The Morgan fingerprint density at radius 3 is 2.85 bits per heavy atom. The van der Waals surface area contributed by atoms with E-state index in [0.717, 1.165) is 13.0 Å². The zero-order chi connectivity index (χ0) is 8.93. The Labute approximate surface area is 80.1 Å². The summed E-state index contributed by atoms with van der Waals surface area (Å²) in [5, 5.41) is 3.55. The summed E-state index contributed by atoms with van der Waals surface area (Å²) in [6.07, 6.45) is 12.0. The Hall–Kier alpha value is -0.790. The van der Waals surface area contributed by atoms with Gasteiger partial charge in [-0.2, -0.15) is 0 Å². The van der Waals surface area contributed by atoms with Crippen molar-refractivity contribution in [2.24, 2.45) is 4.99 Å². The smallest absolute Gasteiger partial charge is 0.0965 e. The molecule has 2 rings (SSSR count). The lowest BCUT2D eigenvalue weighted by Crippen LogP contribution is -2.32. The fourth-order valence-electron chi connectivity index (χ4n) is 1.96. The highest BCUT2D eigenvalue weighted by atomic mass is 15.0. The molecule has 0 aromatic rings. The van der Waals surface area contributed by atoms with Crippen molar-refractivity contribution in [2.75, 3.05) is 6.54 Å². The van der Waals surface area contributed by atoms with E-state index in [1.54, 1.807) is 0 Å². The standard InChI is InChI=1S/C11H18N2/c1-2-8-11(12-9-5-1)13-10-6-3-4-7-10/h3-4,10H,1-2,5-9H2,(H,12,13). The van der Waals surface area contributed by atoms with Crippen molar-refractivity contribution in [1.29, 1.82) is 0 Å². The molecular formula is C11H18N2. The topological polar surface area (TPSA) is 24.4 Å². The van der Waals surface area contributed by atoms with Crippen LogP contribution in [-0.4, -0.2) is 18.4 Å². The van der Waals surface area contributed by atoms with E-state index >= 15 is 0 Å². The molecule has 0 fully saturated rings. The molecule has 1 heterocycles. The van der Waals surface area contributed by atoms with Gasteiger partial charge in [0.05, 0.1) is 5.84 Å². The molecule has 0 aromatic carbocycles. The third kappa shape index (κ3) is 2.58. The molecule has 0 saturated heterocycles. The summed E-state index contributed by atoms with van der Waals surface area (Å²) < 4.78 is 0. The molecule has 1 N–H and O–H groups in total. The van der Waals surface area contributed by atoms with Crippen molar-refractivity contribution < 1.29 is 0 Å². The fourth-order valence-corrected chi connectivity index (χ4v) is 1.96. The van der Waals surface area contributed by atoms with Gasteiger partial charge in [0.1, 0.15) is 0 Å². The monoisotopic (exact) mass is 178 g/mol. The van der Waals surface area contributed by atoms with Crippen LogP contribution in [0.4, 0.5) is 0 Å². The number of nitrogens with zero attached hydrogens (tertiary/aromatic N) is 1. The normalized spacial score (nSPS) is 24.2. The van der Waals surface area contributed by atoms with Gasteiger partial charge in [0.2, 0.25) is 0 Å². The number of hydrogen-bond donors (Lipinski definition) is 1. The maximum absolute atomic E-state index is 4.56. The number of aliphatic imine (C=N–C) groups is 1. The molecule has 0 atom stereocenters. The van der Waals surface area contributed by atoms with Crippen molar-refractivity contribution in [3.8, 4) is 0 Å². The van der Waals surface area contributed by atoms with Gasteiger partial charge in [-0.3, -0.25) is 4.99 Å². The van der Waals surface area contributed by atoms with E-state index < -0.39 is 0 Å². The third-order valence-corrected chi connectivity index (χ3v) is 2.75. The second-order valence-electron chi connectivity index (χ2n) is 3.92. The molecule has 2 heteroatoms. The number of nitrogens with one attached hydrogen (secondary N) is 1. The first-order valence-corrected chi connectivity index (χ1v) is 5.40. The van der Waals surface area contributed by atoms with E-state index in [1.165, 1.54) is 37.9 Å². The lowest BCUT2D eigenvalue weighted by Gasteiger charge is -2.14. The second kappa shape index (κ2) is 4.45. The van der Waals surface area contributed by atoms with Crippen molar-refractivity contribution in [3.63, 3.8) is 0 Å². The number of amidine groups is 1. The van der Waals surface area contributed by atoms with Crippen molar-refractivity contribution in [2.45, 2.75) is 44.6 Å². The predicted octanol–water partition coefficient (Wildman–Crippen LogP) is 2.27. The first-order chi connectivity index (χ1) is 6.45. The average molecular weight is 178 g/mol. The molecule has 0 spiro atoms. The van der Waals surface area contributed by atoms with E-state index in [0.29, 0.717) is 6.04 Å². The van der Waals surface area contributed by atoms with E-state index in [9.17, 15) is 0 Å². The fraction of sp³-hybridized carbons (Fsp3) is 0.727. The highest BCUT2D eigenvalue weighted by Crippen LogP contribution is 2.12. The van der Waals surface area contributed by atoms with E-state index in [4.69, 9.17) is 0 Å². The van der Waals surface area contributed by atoms with Crippen LogP contribution in [-0.2, 0) is 0 Å². The molecular weight excluding hydrogens is 160 g/mol. The van der Waals surface area contributed by atoms with Gasteiger partial charge in [-0.05, 0) is 25.7 Å². The summed E-state index contributed by atoms with van der Waals surface area (Å²) in [6, 6.07) is 0.636. The molecule has 0 bridgehead atoms. The molecule has 0 unspecified atom stereocenters. The van der Waals surface area contributed by atoms with Crippen LogP contribution in [0.25, 0.3) is 0 Å². The van der Waals surface area contributed by atoms with E-state index in [2.05, 4.69) is 22.5 Å². The second-order valence-corrected chi connectivity index (χ2v) is 3.92. The third-order valence-electron chi connectivity index (χ3n) is 2.75. The van der Waals surface area contributed by atoms with Crippen molar-refractivity contribution >= 4 is 5.84 Å². The quantitative estimate of drug-likeness (QED) is 0.612. The Bertz CT molecular complexity index is 210. The van der Waals surface area contributed by atoms with Gasteiger partial charge in [-0.25, -0.2) is 0 Å². The molecule has 2 nitrogen and oxygen atoms in total.